The molecule has 25 heavy (non-hydrogen) atoms. The molecule has 2 aromatic rings. The molecule has 0 saturated carbocycles. The number of nitro benzene ring substituents is 1. The second-order valence-corrected chi connectivity index (χ2v) is 6.71. The van der Waals surface area contributed by atoms with E-state index < -0.39 is 4.92 Å². The number of fused-ring (bicyclic) bond motifs is 1. The van der Waals surface area contributed by atoms with Gasteiger partial charge in [0, 0.05) is 46.4 Å². The van der Waals surface area contributed by atoms with E-state index in [1.807, 2.05) is 18.0 Å². The minimum Gasteiger partial charge on any atom is -0.467 e. The van der Waals surface area contributed by atoms with Crippen LogP contribution in [0.25, 0.3) is 0 Å². The average Bonchev–Trinajstić information content (AvgIpc) is 2.57. The zero-order valence-electron chi connectivity index (χ0n) is 13.5. The van der Waals surface area contributed by atoms with Crippen molar-refractivity contribution in [3.8, 4) is 5.75 Å². The van der Waals surface area contributed by atoms with Crippen LogP contribution in [0.1, 0.15) is 16.7 Å². The van der Waals surface area contributed by atoms with E-state index in [2.05, 4.69) is 0 Å². The van der Waals surface area contributed by atoms with Crippen molar-refractivity contribution in [3.63, 3.8) is 0 Å². The summed E-state index contributed by atoms with van der Waals surface area (Å²) in [6.07, 6.45) is 0. The minimum absolute atomic E-state index is 0.0285. The maximum atomic E-state index is 11.2. The number of hydrogen-bond acceptors (Lipinski definition) is 5. The van der Waals surface area contributed by atoms with Gasteiger partial charge in [0.1, 0.15) is 5.75 Å². The quantitative estimate of drug-likeness (QED) is 0.566. The summed E-state index contributed by atoms with van der Waals surface area (Å²) in [6.45, 7) is 1.49. The lowest BCUT2D eigenvalue weighted by molar-refractivity contribution is -0.385. The number of non-ortho nitro benzene ring substituents is 1. The van der Waals surface area contributed by atoms with Gasteiger partial charge < -0.3 is 9.47 Å². The van der Waals surface area contributed by atoms with E-state index in [9.17, 15) is 10.1 Å². The smallest absolute Gasteiger partial charge is 0.270 e. The van der Waals surface area contributed by atoms with Gasteiger partial charge in [-0.25, -0.2) is 0 Å². The molecular formula is C17H16Cl2N2O4. The molecule has 1 aliphatic rings. The molecule has 0 N–H and O–H groups in total. The summed E-state index contributed by atoms with van der Waals surface area (Å²) in [5.41, 5.74) is 2.39. The average molecular weight is 383 g/mol. The highest BCUT2D eigenvalue weighted by atomic mass is 35.5. The first-order valence-corrected chi connectivity index (χ1v) is 8.33. The van der Waals surface area contributed by atoms with Crippen molar-refractivity contribution in [1.29, 1.82) is 0 Å². The summed E-state index contributed by atoms with van der Waals surface area (Å²) in [5, 5.41) is 12.3. The Morgan fingerprint density at radius 2 is 1.96 bits per heavy atom. The van der Waals surface area contributed by atoms with Crippen molar-refractivity contribution >= 4 is 28.9 Å². The number of hydrogen-bond donors (Lipinski definition) is 0. The molecule has 8 heteroatoms. The fourth-order valence-corrected chi connectivity index (χ4v) is 3.26. The summed E-state index contributed by atoms with van der Waals surface area (Å²) < 4.78 is 10.8. The topological polar surface area (TPSA) is 64.8 Å². The Balaban J connectivity index is 1.83. The molecular weight excluding hydrogens is 367 g/mol. The number of ether oxygens (including phenoxy) is 2. The van der Waals surface area contributed by atoms with E-state index in [4.69, 9.17) is 32.7 Å². The molecule has 132 valence electrons. The zero-order chi connectivity index (χ0) is 18.0. The fourth-order valence-electron chi connectivity index (χ4n) is 2.79. The van der Waals surface area contributed by atoms with Crippen LogP contribution in [0.2, 0.25) is 10.0 Å². The molecule has 0 spiro atoms. The van der Waals surface area contributed by atoms with Crippen LogP contribution in [0.5, 0.6) is 5.75 Å². The molecule has 0 atom stereocenters. The van der Waals surface area contributed by atoms with Gasteiger partial charge in [0.15, 0.2) is 6.79 Å². The number of nitro groups is 1. The largest absolute Gasteiger partial charge is 0.467 e. The molecule has 0 aromatic heterocycles. The highest BCUT2D eigenvalue weighted by Gasteiger charge is 2.21. The van der Waals surface area contributed by atoms with Crippen LogP contribution in [-0.2, 0) is 24.4 Å². The molecule has 2 aromatic carbocycles. The Labute approximate surface area is 155 Å². The van der Waals surface area contributed by atoms with Crippen LogP contribution in [0, 0.1) is 10.1 Å². The lowest BCUT2D eigenvalue weighted by Gasteiger charge is -2.23. The predicted molar refractivity (Wildman–Crippen MR) is 95.0 cm³/mol. The second-order valence-electron chi connectivity index (χ2n) is 5.87. The molecule has 3 rings (SSSR count). The third-order valence-corrected chi connectivity index (χ3v) is 4.47. The third kappa shape index (κ3) is 4.22. The highest BCUT2D eigenvalue weighted by molar-refractivity contribution is 6.35. The molecule has 0 saturated heterocycles. The van der Waals surface area contributed by atoms with Gasteiger partial charge in [-0.2, -0.15) is 0 Å². The van der Waals surface area contributed by atoms with Crippen molar-refractivity contribution in [2.45, 2.75) is 19.7 Å². The van der Waals surface area contributed by atoms with Gasteiger partial charge in [0.25, 0.3) is 5.69 Å². The van der Waals surface area contributed by atoms with E-state index in [1.54, 1.807) is 18.2 Å². The Kier molecular flexibility index (Phi) is 5.44. The van der Waals surface area contributed by atoms with Crippen LogP contribution in [0.15, 0.2) is 30.3 Å². The van der Waals surface area contributed by atoms with Gasteiger partial charge in [0.05, 0.1) is 11.5 Å². The summed E-state index contributed by atoms with van der Waals surface area (Å²) in [4.78, 5) is 12.8. The Morgan fingerprint density at radius 1 is 1.20 bits per heavy atom. The molecule has 1 heterocycles. The van der Waals surface area contributed by atoms with Gasteiger partial charge in [-0.1, -0.05) is 29.3 Å². The van der Waals surface area contributed by atoms with E-state index in [1.165, 1.54) is 6.07 Å². The molecule has 0 bridgehead atoms. The van der Waals surface area contributed by atoms with E-state index >= 15 is 0 Å². The van der Waals surface area contributed by atoms with E-state index in [-0.39, 0.29) is 12.5 Å². The fraction of sp³-hybridized carbons (Fsp3) is 0.294. The van der Waals surface area contributed by atoms with Crippen LogP contribution in [0.3, 0.4) is 0 Å². The minimum atomic E-state index is -0.408. The van der Waals surface area contributed by atoms with Crippen LogP contribution in [-0.4, -0.2) is 23.7 Å². The molecule has 0 fully saturated rings. The number of benzene rings is 2. The lowest BCUT2D eigenvalue weighted by atomic mass is 10.1. The van der Waals surface area contributed by atoms with Crippen LogP contribution in [0.4, 0.5) is 5.69 Å². The monoisotopic (exact) mass is 382 g/mol. The van der Waals surface area contributed by atoms with Gasteiger partial charge in [0.2, 0.25) is 0 Å². The maximum Gasteiger partial charge on any atom is 0.270 e. The SMILES string of the molecule is CN(Cc1ccc(Cl)cc1Cl)Cc1cc([N+](=O)[O-])cc2c1OCOC2. The zero-order valence-corrected chi connectivity index (χ0v) is 15.0. The third-order valence-electron chi connectivity index (χ3n) is 3.88. The van der Waals surface area contributed by atoms with Gasteiger partial charge in [-0.05, 0) is 24.7 Å². The summed E-state index contributed by atoms with van der Waals surface area (Å²) in [5.74, 6) is 0.658. The highest BCUT2D eigenvalue weighted by Crippen LogP contribution is 2.33. The van der Waals surface area contributed by atoms with Crippen molar-refractivity contribution < 1.29 is 14.4 Å². The molecule has 0 aliphatic carbocycles. The molecule has 0 amide bonds. The molecule has 1 aliphatic heterocycles. The first-order valence-electron chi connectivity index (χ1n) is 7.57. The molecule has 0 radical (unpaired) electrons. The van der Waals surface area contributed by atoms with Crippen molar-refractivity contribution in [2.75, 3.05) is 13.8 Å². The van der Waals surface area contributed by atoms with Crippen LogP contribution < -0.4 is 4.74 Å². The van der Waals surface area contributed by atoms with Crippen molar-refractivity contribution in [1.82, 2.24) is 4.90 Å². The van der Waals surface area contributed by atoms with Gasteiger partial charge >= 0.3 is 0 Å². The Bertz CT molecular complexity index is 813. The summed E-state index contributed by atoms with van der Waals surface area (Å²) >= 11 is 12.1. The van der Waals surface area contributed by atoms with Gasteiger partial charge in [-0.15, -0.1) is 0 Å². The Hall–Kier alpha value is -1.86. The first kappa shape index (κ1) is 17.9. The number of nitrogens with zero attached hydrogens (tertiary/aromatic N) is 2. The molecule has 6 nitrogen and oxygen atoms in total. The first-order chi connectivity index (χ1) is 11.9. The number of rotatable bonds is 5. The van der Waals surface area contributed by atoms with Crippen molar-refractivity contribution in [3.05, 3.63) is 67.2 Å². The molecule has 0 unspecified atom stereocenters. The normalized spacial score (nSPS) is 13.4. The standard InChI is InChI=1S/C17H16Cl2N2O4/c1-20(7-11-2-3-14(18)6-16(11)19)8-12-4-15(21(22)23)5-13-9-24-10-25-17(12)13/h2-6H,7-10H2,1H3. The van der Waals surface area contributed by atoms with Crippen molar-refractivity contribution in [2.24, 2.45) is 0 Å². The van der Waals surface area contributed by atoms with Crippen LogP contribution >= 0.6 is 23.2 Å². The lowest BCUT2D eigenvalue weighted by Crippen LogP contribution is -2.20. The predicted octanol–water partition coefficient (Wildman–Crippen LogP) is 4.40. The maximum absolute atomic E-state index is 11.2. The summed E-state index contributed by atoms with van der Waals surface area (Å²) in [6, 6.07) is 8.39. The van der Waals surface area contributed by atoms with Gasteiger partial charge in [-0.3, -0.25) is 15.0 Å². The summed E-state index contributed by atoms with van der Waals surface area (Å²) in [7, 11) is 1.91. The van der Waals surface area contributed by atoms with E-state index in [0.717, 1.165) is 11.1 Å². The van der Waals surface area contributed by atoms with E-state index in [0.29, 0.717) is 41.1 Å². The Morgan fingerprint density at radius 3 is 2.68 bits per heavy atom. The number of halogens is 2. The second kappa shape index (κ2) is 7.58.